The molecule has 3 heterocycles. The first kappa shape index (κ1) is 29.0. The topological polar surface area (TPSA) is 80.6 Å². The van der Waals surface area contributed by atoms with Crippen molar-refractivity contribution in [1.29, 1.82) is 0 Å². The second-order valence-electron chi connectivity index (χ2n) is 10.7. The molecular formula is C36H35N5O3. The van der Waals surface area contributed by atoms with Crippen LogP contribution in [0.1, 0.15) is 28.5 Å². The molecule has 0 atom stereocenters. The number of benzene rings is 3. The van der Waals surface area contributed by atoms with E-state index >= 15 is 0 Å². The van der Waals surface area contributed by atoms with Gasteiger partial charge in [-0.1, -0.05) is 91.0 Å². The molecule has 0 radical (unpaired) electrons. The van der Waals surface area contributed by atoms with Gasteiger partial charge in [0.25, 0.3) is 0 Å². The average molecular weight is 586 g/mol. The summed E-state index contributed by atoms with van der Waals surface area (Å²) in [5, 5.41) is 0.658. The largest absolute Gasteiger partial charge is 0.462 e. The predicted octanol–water partition coefficient (Wildman–Crippen LogP) is 5.77. The van der Waals surface area contributed by atoms with Crippen LogP contribution in [-0.2, 0) is 4.74 Å². The van der Waals surface area contributed by atoms with Crippen LogP contribution in [0.2, 0.25) is 0 Å². The zero-order valence-corrected chi connectivity index (χ0v) is 25.0. The number of fused-ring (bicyclic) bond motifs is 1. The number of carbonyl (C=O) groups is 1. The molecule has 0 unspecified atom stereocenters. The number of hydrogen-bond donors (Lipinski definition) is 0. The minimum atomic E-state index is -0.448. The van der Waals surface area contributed by atoms with Gasteiger partial charge in [-0.2, -0.15) is 4.98 Å². The van der Waals surface area contributed by atoms with Crippen molar-refractivity contribution in [1.82, 2.24) is 19.4 Å². The summed E-state index contributed by atoms with van der Waals surface area (Å²) in [6.45, 7) is 7.59. The van der Waals surface area contributed by atoms with Crippen LogP contribution in [0.4, 0.5) is 5.82 Å². The summed E-state index contributed by atoms with van der Waals surface area (Å²) in [6.07, 6.45) is 4.33. The second-order valence-corrected chi connectivity index (χ2v) is 10.7. The Labute approximate surface area is 256 Å². The lowest BCUT2D eigenvalue weighted by atomic mass is 9.95. The van der Waals surface area contributed by atoms with E-state index in [4.69, 9.17) is 14.7 Å². The number of esters is 1. The highest BCUT2D eigenvalue weighted by Gasteiger charge is 2.29. The highest BCUT2D eigenvalue weighted by molar-refractivity contribution is 6.11. The zero-order chi connectivity index (χ0) is 30.5. The van der Waals surface area contributed by atoms with E-state index in [1.807, 2.05) is 78.9 Å². The molecule has 44 heavy (non-hydrogen) atoms. The third kappa shape index (κ3) is 5.89. The first-order valence-corrected chi connectivity index (χ1v) is 15.0. The quantitative estimate of drug-likeness (QED) is 0.214. The van der Waals surface area contributed by atoms with Crippen LogP contribution < -0.4 is 10.6 Å². The maximum atomic E-state index is 13.8. The van der Waals surface area contributed by atoms with E-state index in [1.54, 1.807) is 13.8 Å². The number of hydrogen-bond acceptors (Lipinski definition) is 7. The lowest BCUT2D eigenvalue weighted by Gasteiger charge is -2.35. The molecule has 0 aliphatic carbocycles. The summed E-state index contributed by atoms with van der Waals surface area (Å²) >= 11 is 0. The number of nitrogens with zero attached hydrogens (tertiary/aromatic N) is 5. The maximum absolute atomic E-state index is 13.8. The van der Waals surface area contributed by atoms with Crippen LogP contribution in [0.5, 0.6) is 0 Å². The van der Waals surface area contributed by atoms with Crippen LogP contribution in [0.25, 0.3) is 33.9 Å². The van der Waals surface area contributed by atoms with Crippen LogP contribution in [0.15, 0.2) is 102 Å². The van der Waals surface area contributed by atoms with Gasteiger partial charge in [0.2, 0.25) is 0 Å². The molecule has 0 N–H and O–H groups in total. The molecule has 222 valence electrons. The number of aryl methyl sites for hydroxylation is 1. The smallest absolute Gasteiger partial charge is 0.355 e. The Balaban J connectivity index is 1.48. The van der Waals surface area contributed by atoms with Crippen molar-refractivity contribution < 1.29 is 9.53 Å². The first-order valence-electron chi connectivity index (χ1n) is 15.0. The molecule has 2 aromatic heterocycles. The van der Waals surface area contributed by atoms with Crippen molar-refractivity contribution in [3.05, 3.63) is 124 Å². The third-order valence-electron chi connectivity index (χ3n) is 7.89. The van der Waals surface area contributed by atoms with Gasteiger partial charge in [0, 0.05) is 38.3 Å². The van der Waals surface area contributed by atoms with Crippen LogP contribution in [0.3, 0.4) is 0 Å². The van der Waals surface area contributed by atoms with E-state index < -0.39 is 11.7 Å². The van der Waals surface area contributed by atoms with Gasteiger partial charge in [-0.3, -0.25) is 4.90 Å². The van der Waals surface area contributed by atoms with Gasteiger partial charge < -0.3 is 9.64 Å². The van der Waals surface area contributed by atoms with E-state index in [0.717, 1.165) is 25.2 Å². The Kier molecular flexibility index (Phi) is 8.61. The standard InChI is InChI=1S/C36H35N5O3/c1-3-44-35(42)30-26(2)37-34-32(31(30)28-17-9-5-10-18-28)33(38-36(43)41(34)29-19-11-6-12-20-29)40-24-22-39(23-25-40)21-13-16-27-14-7-4-8-15-27/h4-20H,3,21-25H2,1-2H3. The average Bonchev–Trinajstić information content (AvgIpc) is 3.05. The van der Waals surface area contributed by atoms with Crippen LogP contribution in [-0.4, -0.2) is 64.7 Å². The molecule has 0 saturated carbocycles. The molecule has 1 aliphatic rings. The number of pyridine rings is 1. The fourth-order valence-electron chi connectivity index (χ4n) is 5.78. The lowest BCUT2D eigenvalue weighted by molar-refractivity contribution is 0.0526. The molecule has 1 aliphatic heterocycles. The molecule has 8 heteroatoms. The second kappa shape index (κ2) is 13.1. The van der Waals surface area contributed by atoms with Crippen LogP contribution >= 0.6 is 0 Å². The van der Waals surface area contributed by atoms with Gasteiger partial charge >= 0.3 is 11.7 Å². The summed E-state index contributed by atoms with van der Waals surface area (Å²) in [4.78, 5) is 41.4. The summed E-state index contributed by atoms with van der Waals surface area (Å²) in [5.74, 6) is 0.0882. The normalized spacial score (nSPS) is 13.9. The Morgan fingerprint density at radius 3 is 2.16 bits per heavy atom. The van der Waals surface area contributed by atoms with E-state index in [-0.39, 0.29) is 6.61 Å². The summed E-state index contributed by atoms with van der Waals surface area (Å²) in [5.41, 5.74) is 4.26. The predicted molar refractivity (Wildman–Crippen MR) is 175 cm³/mol. The Hall–Kier alpha value is -5.08. The lowest BCUT2D eigenvalue weighted by Crippen LogP contribution is -2.47. The molecule has 0 amide bonds. The number of carbonyl (C=O) groups excluding carboxylic acids is 1. The number of anilines is 1. The number of piperazine rings is 1. The van der Waals surface area contributed by atoms with Crippen molar-refractivity contribution in [3.63, 3.8) is 0 Å². The van der Waals surface area contributed by atoms with Crippen molar-refractivity contribution >= 4 is 28.9 Å². The van der Waals surface area contributed by atoms with Gasteiger partial charge in [0.1, 0.15) is 5.82 Å². The van der Waals surface area contributed by atoms with Crippen molar-refractivity contribution in [2.75, 3.05) is 44.2 Å². The van der Waals surface area contributed by atoms with E-state index in [2.05, 4.69) is 34.1 Å². The fourth-order valence-corrected chi connectivity index (χ4v) is 5.78. The minimum Gasteiger partial charge on any atom is -0.462 e. The Bertz CT molecular complexity index is 1850. The molecular weight excluding hydrogens is 550 g/mol. The number of para-hydroxylation sites is 1. The molecule has 0 spiro atoms. The maximum Gasteiger partial charge on any atom is 0.355 e. The summed E-state index contributed by atoms with van der Waals surface area (Å²) in [7, 11) is 0. The van der Waals surface area contributed by atoms with E-state index in [1.165, 1.54) is 10.1 Å². The molecule has 3 aromatic carbocycles. The molecule has 1 fully saturated rings. The monoisotopic (exact) mass is 585 g/mol. The molecule has 8 nitrogen and oxygen atoms in total. The Morgan fingerprint density at radius 2 is 1.50 bits per heavy atom. The van der Waals surface area contributed by atoms with Gasteiger partial charge in [-0.05, 0) is 37.1 Å². The highest BCUT2D eigenvalue weighted by Crippen LogP contribution is 2.38. The zero-order valence-electron chi connectivity index (χ0n) is 25.0. The van der Waals surface area contributed by atoms with Gasteiger partial charge in [0.15, 0.2) is 5.65 Å². The summed E-state index contributed by atoms with van der Waals surface area (Å²) < 4.78 is 7.07. The Morgan fingerprint density at radius 1 is 0.864 bits per heavy atom. The SMILES string of the molecule is CCOC(=O)c1c(C)nc2c(c(N3CCN(CC=Cc4ccccc4)CC3)nc(=O)n2-c2ccccc2)c1-c1ccccc1. The van der Waals surface area contributed by atoms with E-state index in [0.29, 0.717) is 52.4 Å². The number of ether oxygens (including phenoxy) is 1. The van der Waals surface area contributed by atoms with Crippen molar-refractivity contribution in [2.24, 2.45) is 0 Å². The first-order chi connectivity index (χ1) is 21.5. The van der Waals surface area contributed by atoms with E-state index in [9.17, 15) is 9.59 Å². The molecule has 6 rings (SSSR count). The highest BCUT2D eigenvalue weighted by atomic mass is 16.5. The molecule has 5 aromatic rings. The number of aromatic nitrogens is 3. The van der Waals surface area contributed by atoms with Crippen LogP contribution in [0, 0.1) is 6.92 Å². The van der Waals surface area contributed by atoms with Gasteiger partial charge in [-0.15, -0.1) is 0 Å². The fraction of sp³-hybridized carbons (Fsp3) is 0.222. The number of rotatable bonds is 8. The van der Waals surface area contributed by atoms with Crippen molar-refractivity contribution in [2.45, 2.75) is 13.8 Å². The molecule has 1 saturated heterocycles. The van der Waals surface area contributed by atoms with Crippen molar-refractivity contribution in [3.8, 4) is 16.8 Å². The van der Waals surface area contributed by atoms with Gasteiger partial charge in [0.05, 0.1) is 28.9 Å². The van der Waals surface area contributed by atoms with Gasteiger partial charge in [-0.25, -0.2) is 19.1 Å². The third-order valence-corrected chi connectivity index (χ3v) is 7.89. The minimum absolute atomic E-state index is 0.236. The summed E-state index contributed by atoms with van der Waals surface area (Å²) in [6, 6.07) is 29.4. The molecule has 0 bridgehead atoms.